The largest absolute Gasteiger partial charge is 0.359 e. The molecule has 0 aliphatic carbocycles. The molecule has 3 heterocycles. The Morgan fingerprint density at radius 1 is 1.33 bits per heavy atom. The van der Waals surface area contributed by atoms with Crippen LogP contribution in [0.2, 0.25) is 5.02 Å². The van der Waals surface area contributed by atoms with Crippen molar-refractivity contribution in [2.45, 2.75) is 19.4 Å². The molecule has 2 aliphatic heterocycles. The fourth-order valence-corrected chi connectivity index (χ4v) is 7.21. The van der Waals surface area contributed by atoms with Gasteiger partial charge in [-0.05, 0) is 36.5 Å². The second-order valence-corrected chi connectivity index (χ2v) is 12.1. The minimum absolute atomic E-state index is 0.0922. The first-order valence-corrected chi connectivity index (χ1v) is 13.4. The second kappa shape index (κ2) is 7.83. The highest BCUT2D eigenvalue weighted by atomic mass is 35.5. The Morgan fingerprint density at radius 2 is 2.03 bits per heavy atom. The van der Waals surface area contributed by atoms with E-state index in [0.29, 0.717) is 48.7 Å². The minimum atomic E-state index is -3.76. The van der Waals surface area contributed by atoms with Crippen LogP contribution in [0.5, 0.6) is 0 Å². The van der Waals surface area contributed by atoms with E-state index < -0.39 is 20.2 Å². The molecular weight excluding hydrogens is 448 g/mol. The molecule has 0 radical (unpaired) electrons. The van der Waals surface area contributed by atoms with Gasteiger partial charge in [0.15, 0.2) is 0 Å². The molecule has 1 fully saturated rings. The summed E-state index contributed by atoms with van der Waals surface area (Å²) in [7, 11) is -6.98. The molecule has 0 spiro atoms. The Hall–Kier alpha value is -1.59. The van der Waals surface area contributed by atoms with Crippen molar-refractivity contribution in [1.82, 2.24) is 13.6 Å². The molecule has 2 aliphatic rings. The molecule has 0 unspecified atom stereocenters. The van der Waals surface area contributed by atoms with Crippen molar-refractivity contribution < 1.29 is 16.8 Å². The molecular formula is C19H25ClN4O4S2. The zero-order chi connectivity index (χ0) is 21.7. The number of halogens is 1. The highest BCUT2D eigenvalue weighted by molar-refractivity contribution is 7.90. The van der Waals surface area contributed by atoms with E-state index in [1.165, 1.54) is 19.2 Å². The quantitative estimate of drug-likeness (QED) is 0.676. The van der Waals surface area contributed by atoms with Gasteiger partial charge in [-0.1, -0.05) is 17.7 Å². The van der Waals surface area contributed by atoms with Crippen molar-refractivity contribution in [3.05, 3.63) is 41.6 Å². The van der Waals surface area contributed by atoms with Gasteiger partial charge < -0.3 is 4.98 Å². The first-order valence-electron chi connectivity index (χ1n) is 9.75. The summed E-state index contributed by atoms with van der Waals surface area (Å²) >= 11 is 6.44. The van der Waals surface area contributed by atoms with E-state index in [1.54, 1.807) is 12.3 Å². The van der Waals surface area contributed by atoms with Crippen LogP contribution in [0.4, 0.5) is 5.69 Å². The number of anilines is 1. The van der Waals surface area contributed by atoms with Crippen LogP contribution in [0.15, 0.2) is 31.0 Å². The van der Waals surface area contributed by atoms with E-state index in [2.05, 4.69) is 11.6 Å². The van der Waals surface area contributed by atoms with E-state index in [-0.39, 0.29) is 19.0 Å². The lowest BCUT2D eigenvalue weighted by molar-refractivity contribution is 0.232. The summed E-state index contributed by atoms with van der Waals surface area (Å²) in [4.78, 5) is 3.12. The average molecular weight is 473 g/mol. The van der Waals surface area contributed by atoms with Crippen molar-refractivity contribution in [3.8, 4) is 0 Å². The van der Waals surface area contributed by atoms with Crippen LogP contribution < -0.4 is 4.31 Å². The lowest BCUT2D eigenvalue weighted by Gasteiger charge is -2.40. The van der Waals surface area contributed by atoms with Gasteiger partial charge in [0.25, 0.3) is 0 Å². The zero-order valence-corrected chi connectivity index (χ0v) is 19.1. The van der Waals surface area contributed by atoms with Gasteiger partial charge in [0.05, 0.1) is 29.0 Å². The summed E-state index contributed by atoms with van der Waals surface area (Å²) in [5.74, 6) is 0.0922. The van der Waals surface area contributed by atoms with E-state index >= 15 is 0 Å². The molecule has 0 saturated carbocycles. The molecule has 1 aromatic carbocycles. The van der Waals surface area contributed by atoms with Crippen LogP contribution >= 0.6 is 11.6 Å². The third kappa shape index (κ3) is 3.75. The van der Waals surface area contributed by atoms with Crippen molar-refractivity contribution in [3.63, 3.8) is 0 Å². The van der Waals surface area contributed by atoms with Crippen LogP contribution in [-0.2, 0) is 26.8 Å². The lowest BCUT2D eigenvalue weighted by Crippen LogP contribution is -2.50. The highest BCUT2D eigenvalue weighted by Crippen LogP contribution is 2.41. The normalized spacial score (nSPS) is 21.1. The van der Waals surface area contributed by atoms with Gasteiger partial charge in [-0.2, -0.15) is 12.7 Å². The molecule has 164 valence electrons. The monoisotopic (exact) mass is 472 g/mol. The maximum atomic E-state index is 13.5. The predicted octanol–water partition coefficient (Wildman–Crippen LogP) is 2.55. The van der Waals surface area contributed by atoms with Crippen LogP contribution in [0.3, 0.4) is 0 Å². The van der Waals surface area contributed by atoms with Gasteiger partial charge in [0.1, 0.15) is 0 Å². The summed E-state index contributed by atoms with van der Waals surface area (Å²) in [5.41, 5.74) is 2.15. The van der Waals surface area contributed by atoms with Gasteiger partial charge in [-0.3, -0.25) is 4.31 Å². The number of aromatic nitrogens is 1. The summed E-state index contributed by atoms with van der Waals surface area (Å²) in [6.45, 7) is 5.28. The topological polar surface area (TPSA) is 93.8 Å². The van der Waals surface area contributed by atoms with Crippen molar-refractivity contribution >= 4 is 48.4 Å². The van der Waals surface area contributed by atoms with Crippen LogP contribution in [0.1, 0.15) is 18.4 Å². The standard InChI is InChI=1S/C19H25ClN4O4S2/c1-3-8-24-19-15(11-17(20)16-4-7-21-18(16)19)13-23(30(24,27)28)12-14-5-9-22(10-6-14)29(2,25)26/h3-4,7,11,14,21H,1,5-6,8-10,12-13H2,2H3. The first kappa shape index (κ1) is 21.6. The highest BCUT2D eigenvalue weighted by Gasteiger charge is 2.39. The molecule has 0 atom stereocenters. The third-order valence-electron chi connectivity index (χ3n) is 5.85. The van der Waals surface area contributed by atoms with Crippen molar-refractivity contribution in [1.29, 1.82) is 0 Å². The van der Waals surface area contributed by atoms with E-state index in [1.807, 2.05) is 12.1 Å². The van der Waals surface area contributed by atoms with Crippen molar-refractivity contribution in [2.24, 2.45) is 5.92 Å². The number of piperidine rings is 1. The van der Waals surface area contributed by atoms with E-state index in [4.69, 9.17) is 11.6 Å². The third-order valence-corrected chi connectivity index (χ3v) is 9.28. The second-order valence-electron chi connectivity index (χ2n) is 7.86. The van der Waals surface area contributed by atoms with Gasteiger partial charge >= 0.3 is 10.2 Å². The van der Waals surface area contributed by atoms with Gasteiger partial charge in [-0.25, -0.2) is 12.7 Å². The molecule has 0 bridgehead atoms. The molecule has 0 amide bonds. The van der Waals surface area contributed by atoms with E-state index in [0.717, 1.165) is 10.9 Å². The minimum Gasteiger partial charge on any atom is -0.359 e. The Morgan fingerprint density at radius 3 is 2.67 bits per heavy atom. The number of fused-ring (bicyclic) bond motifs is 3. The Bertz CT molecular complexity index is 1180. The van der Waals surface area contributed by atoms with Gasteiger partial charge in [0, 0.05) is 37.8 Å². The maximum absolute atomic E-state index is 13.5. The first-order chi connectivity index (χ1) is 14.1. The average Bonchev–Trinajstić information content (AvgIpc) is 3.16. The van der Waals surface area contributed by atoms with Crippen LogP contribution in [0.25, 0.3) is 10.9 Å². The maximum Gasteiger partial charge on any atom is 0.304 e. The number of nitrogens with zero attached hydrogens (tertiary/aromatic N) is 3. The Kier molecular flexibility index (Phi) is 5.65. The number of hydrogen-bond acceptors (Lipinski definition) is 4. The number of nitrogens with one attached hydrogen (secondary N) is 1. The Balaban J connectivity index is 1.65. The van der Waals surface area contributed by atoms with Gasteiger partial charge in [0.2, 0.25) is 10.0 Å². The molecule has 8 nitrogen and oxygen atoms in total. The molecule has 11 heteroatoms. The number of hydrogen-bond donors (Lipinski definition) is 1. The number of aromatic amines is 1. The number of sulfonamides is 1. The van der Waals surface area contributed by atoms with Crippen molar-refractivity contribution in [2.75, 3.05) is 36.7 Å². The molecule has 2 aromatic rings. The summed E-state index contributed by atoms with van der Waals surface area (Å²) in [6.07, 6.45) is 5.78. The lowest BCUT2D eigenvalue weighted by atomic mass is 9.98. The predicted molar refractivity (Wildman–Crippen MR) is 119 cm³/mol. The smallest absolute Gasteiger partial charge is 0.304 e. The molecule has 1 aromatic heterocycles. The van der Waals surface area contributed by atoms with Gasteiger partial charge in [-0.15, -0.1) is 6.58 Å². The molecule has 4 rings (SSSR count). The summed E-state index contributed by atoms with van der Waals surface area (Å²) < 4.78 is 54.7. The summed E-state index contributed by atoms with van der Waals surface area (Å²) in [5, 5.41) is 1.35. The Labute approximate surface area is 182 Å². The van der Waals surface area contributed by atoms with E-state index in [9.17, 15) is 16.8 Å². The number of rotatable bonds is 5. The number of H-pyrrole nitrogens is 1. The fourth-order valence-electron chi connectivity index (χ4n) is 4.33. The number of benzene rings is 1. The van der Waals surface area contributed by atoms with Crippen LogP contribution in [0, 0.1) is 5.92 Å². The SMILES string of the molecule is C=CCN1c2c(cc(Cl)c3cc[nH]c23)CN(CC2CCN(S(C)(=O)=O)CC2)S1(=O)=O. The molecule has 1 N–H and O–H groups in total. The fraction of sp³-hybridized carbons (Fsp3) is 0.474. The zero-order valence-electron chi connectivity index (χ0n) is 16.7. The molecule has 30 heavy (non-hydrogen) atoms. The van der Waals surface area contributed by atoms with Crippen LogP contribution in [-0.4, -0.2) is 62.9 Å². The summed E-state index contributed by atoms with van der Waals surface area (Å²) in [6, 6.07) is 3.66. The molecule has 1 saturated heterocycles.